The van der Waals surface area contributed by atoms with E-state index in [9.17, 15) is 0 Å². The summed E-state index contributed by atoms with van der Waals surface area (Å²) in [6, 6.07) is 0. The van der Waals surface area contributed by atoms with Crippen molar-refractivity contribution in [3.8, 4) is 0 Å². The molecular formula is C30H54N2O2. The third-order valence-electron chi connectivity index (χ3n) is 9.39. The van der Waals surface area contributed by atoms with E-state index in [0.717, 1.165) is 38.5 Å². The quantitative estimate of drug-likeness (QED) is 0.334. The average Bonchev–Trinajstić information content (AvgIpc) is 2.74. The van der Waals surface area contributed by atoms with Gasteiger partial charge in [0, 0.05) is 22.2 Å². The highest BCUT2D eigenvalue weighted by Crippen LogP contribution is 2.47. The number of allylic oxidation sites excluding steroid dienone is 2. The molecule has 196 valence electrons. The standard InChI is InChI=1S/C30H54N2O2/c1-11-13-23-19-21-27(3,4)31(29(23,7)8)33-25-15-17-26(18-16-25)34-32-28(5,6)22-20-24(14-12-2)30(32,9)10/h11-12,23-26H,1-2,13-22H2,3-10H3. The van der Waals surface area contributed by atoms with Gasteiger partial charge < -0.3 is 0 Å². The summed E-state index contributed by atoms with van der Waals surface area (Å²) < 4.78 is 0. The minimum atomic E-state index is 0.00526. The van der Waals surface area contributed by atoms with Gasteiger partial charge in [0.25, 0.3) is 0 Å². The van der Waals surface area contributed by atoms with Crippen LogP contribution in [0.4, 0.5) is 0 Å². The van der Waals surface area contributed by atoms with Crippen molar-refractivity contribution in [1.82, 2.24) is 10.1 Å². The molecule has 0 radical (unpaired) electrons. The van der Waals surface area contributed by atoms with Gasteiger partial charge in [0.1, 0.15) is 0 Å². The van der Waals surface area contributed by atoms with Crippen molar-refractivity contribution in [2.45, 2.75) is 154 Å². The van der Waals surface area contributed by atoms with E-state index in [1.807, 2.05) is 0 Å². The Bertz CT molecular complexity index is 643. The van der Waals surface area contributed by atoms with Gasteiger partial charge in [0.05, 0.1) is 12.2 Å². The summed E-state index contributed by atoms with van der Waals surface area (Å²) in [5, 5.41) is 4.72. The first-order valence-corrected chi connectivity index (χ1v) is 13.9. The van der Waals surface area contributed by atoms with Gasteiger partial charge in [-0.1, -0.05) is 12.2 Å². The van der Waals surface area contributed by atoms with Gasteiger partial charge in [0.2, 0.25) is 0 Å². The fraction of sp³-hybridized carbons (Fsp3) is 0.867. The molecule has 0 aromatic heterocycles. The molecule has 2 atom stereocenters. The lowest BCUT2D eigenvalue weighted by molar-refractivity contribution is -0.337. The molecule has 3 fully saturated rings. The normalized spacial score (nSPS) is 35.5. The second-order valence-corrected chi connectivity index (χ2v) is 13.7. The highest BCUT2D eigenvalue weighted by Gasteiger charge is 2.50. The summed E-state index contributed by atoms with van der Waals surface area (Å²) in [6.07, 6.45) is 15.9. The van der Waals surface area contributed by atoms with Gasteiger partial charge in [-0.3, -0.25) is 9.68 Å². The Morgan fingerprint density at radius 1 is 0.618 bits per heavy atom. The van der Waals surface area contributed by atoms with E-state index in [2.05, 4.69) is 90.8 Å². The number of piperidine rings is 2. The van der Waals surface area contributed by atoms with Gasteiger partial charge in [-0.25, -0.2) is 0 Å². The molecule has 4 nitrogen and oxygen atoms in total. The highest BCUT2D eigenvalue weighted by molar-refractivity contribution is 5.01. The lowest BCUT2D eigenvalue weighted by Gasteiger charge is -2.57. The van der Waals surface area contributed by atoms with Crippen molar-refractivity contribution in [2.75, 3.05) is 0 Å². The van der Waals surface area contributed by atoms with Crippen molar-refractivity contribution in [3.05, 3.63) is 25.3 Å². The second kappa shape index (κ2) is 10.4. The van der Waals surface area contributed by atoms with Crippen LogP contribution < -0.4 is 0 Å². The molecule has 0 aromatic carbocycles. The summed E-state index contributed by atoms with van der Waals surface area (Å²) in [5.41, 5.74) is 0.115. The van der Waals surface area contributed by atoms with Crippen molar-refractivity contribution in [1.29, 1.82) is 0 Å². The molecule has 0 bridgehead atoms. The maximum atomic E-state index is 6.83. The SMILES string of the molecule is C=CCC1CCC(C)(C)N(OC2CCC(ON3C(C)(C)CCC(CC=C)C3(C)C)CC2)C1(C)C. The van der Waals surface area contributed by atoms with E-state index < -0.39 is 0 Å². The second-order valence-electron chi connectivity index (χ2n) is 13.7. The molecule has 2 aliphatic heterocycles. The maximum absolute atomic E-state index is 6.83. The molecule has 1 aliphatic carbocycles. The fourth-order valence-electron chi connectivity index (χ4n) is 7.17. The van der Waals surface area contributed by atoms with Crippen LogP contribution >= 0.6 is 0 Å². The zero-order valence-electron chi connectivity index (χ0n) is 23.7. The Morgan fingerprint density at radius 2 is 0.941 bits per heavy atom. The molecule has 1 saturated carbocycles. The molecule has 2 heterocycles. The van der Waals surface area contributed by atoms with Crippen molar-refractivity contribution in [2.24, 2.45) is 11.8 Å². The third kappa shape index (κ3) is 5.66. The van der Waals surface area contributed by atoms with Crippen molar-refractivity contribution < 1.29 is 9.68 Å². The summed E-state index contributed by atoms with van der Waals surface area (Å²) >= 11 is 0. The lowest BCUT2D eigenvalue weighted by atomic mass is 9.72. The monoisotopic (exact) mass is 474 g/mol. The Kier molecular flexibility index (Phi) is 8.50. The van der Waals surface area contributed by atoms with Crippen LogP contribution in [0.25, 0.3) is 0 Å². The average molecular weight is 475 g/mol. The number of hydroxylamine groups is 4. The smallest absolute Gasteiger partial charge is 0.0795 e. The molecule has 0 aromatic rings. The van der Waals surface area contributed by atoms with Crippen LogP contribution in [-0.2, 0) is 9.68 Å². The van der Waals surface area contributed by atoms with Crippen molar-refractivity contribution in [3.63, 3.8) is 0 Å². The highest BCUT2D eigenvalue weighted by atomic mass is 16.7. The van der Waals surface area contributed by atoms with Crippen LogP contribution in [0.15, 0.2) is 25.3 Å². The number of hydrogen-bond donors (Lipinski definition) is 0. The topological polar surface area (TPSA) is 24.9 Å². The minimum Gasteiger partial charge on any atom is -0.295 e. The van der Waals surface area contributed by atoms with Crippen LogP contribution in [-0.4, -0.2) is 44.5 Å². The molecule has 4 heteroatoms. The van der Waals surface area contributed by atoms with Gasteiger partial charge in [0.15, 0.2) is 0 Å². The minimum absolute atomic E-state index is 0.00526. The Morgan fingerprint density at radius 3 is 1.24 bits per heavy atom. The zero-order chi connectivity index (χ0) is 25.4. The lowest BCUT2D eigenvalue weighted by Crippen LogP contribution is -2.63. The first-order valence-electron chi connectivity index (χ1n) is 13.9. The number of nitrogens with zero attached hydrogens (tertiary/aromatic N) is 2. The maximum Gasteiger partial charge on any atom is 0.0795 e. The van der Waals surface area contributed by atoms with Crippen LogP contribution in [0, 0.1) is 11.8 Å². The first kappa shape index (κ1) is 27.9. The van der Waals surface area contributed by atoms with Crippen molar-refractivity contribution >= 4 is 0 Å². The van der Waals surface area contributed by atoms with Gasteiger partial charge in [-0.2, -0.15) is 10.1 Å². The fourth-order valence-corrected chi connectivity index (χ4v) is 7.17. The van der Waals surface area contributed by atoms with E-state index in [4.69, 9.17) is 9.68 Å². The van der Waals surface area contributed by atoms with Crippen LogP contribution in [0.2, 0.25) is 0 Å². The van der Waals surface area contributed by atoms with E-state index in [1.54, 1.807) is 0 Å². The van der Waals surface area contributed by atoms with E-state index in [1.165, 1.54) is 25.7 Å². The summed E-state index contributed by atoms with van der Waals surface area (Å²) in [4.78, 5) is 13.7. The third-order valence-corrected chi connectivity index (χ3v) is 9.39. The van der Waals surface area contributed by atoms with E-state index in [0.29, 0.717) is 11.8 Å². The molecule has 2 unspecified atom stereocenters. The van der Waals surface area contributed by atoms with Crippen LogP contribution in [0.3, 0.4) is 0 Å². The summed E-state index contributed by atoms with van der Waals surface area (Å²) in [5.74, 6) is 1.18. The number of rotatable bonds is 8. The van der Waals surface area contributed by atoms with E-state index >= 15 is 0 Å². The molecule has 34 heavy (non-hydrogen) atoms. The van der Waals surface area contributed by atoms with E-state index in [-0.39, 0.29) is 34.4 Å². The Balaban J connectivity index is 1.62. The molecule has 0 N–H and O–H groups in total. The van der Waals surface area contributed by atoms with Gasteiger partial charge >= 0.3 is 0 Å². The molecular weight excluding hydrogens is 420 g/mol. The van der Waals surface area contributed by atoms with Crippen LogP contribution in [0.5, 0.6) is 0 Å². The summed E-state index contributed by atoms with van der Waals surface area (Å²) in [6.45, 7) is 26.8. The first-order chi connectivity index (χ1) is 15.8. The van der Waals surface area contributed by atoms with Crippen LogP contribution in [0.1, 0.15) is 120 Å². The number of hydrogen-bond acceptors (Lipinski definition) is 4. The largest absolute Gasteiger partial charge is 0.295 e. The Labute approximate surface area is 211 Å². The molecule has 2 saturated heterocycles. The molecule has 3 aliphatic rings. The predicted molar refractivity (Wildman–Crippen MR) is 143 cm³/mol. The van der Waals surface area contributed by atoms with Gasteiger partial charge in [-0.15, -0.1) is 13.2 Å². The van der Waals surface area contributed by atoms with Gasteiger partial charge in [-0.05, 0) is 131 Å². The predicted octanol–water partition coefficient (Wildman–Crippen LogP) is 7.85. The zero-order valence-corrected chi connectivity index (χ0v) is 23.7. The molecule has 0 spiro atoms. The molecule has 0 amide bonds. The molecule has 3 rings (SSSR count). The summed E-state index contributed by atoms with van der Waals surface area (Å²) in [7, 11) is 0. The Hall–Kier alpha value is -0.680.